The van der Waals surface area contributed by atoms with E-state index in [1.807, 2.05) is 0 Å². The first-order valence-corrected chi connectivity index (χ1v) is 11.7. The zero-order valence-corrected chi connectivity index (χ0v) is 20.9. The number of thiophene rings is 1. The van der Waals surface area contributed by atoms with E-state index in [2.05, 4.69) is 4.74 Å². The average Bonchev–Trinajstić information content (AvgIpc) is 3.01. The highest BCUT2D eigenvalue weighted by molar-refractivity contribution is 7.17. The number of nitrogens with one attached hydrogen (secondary N) is 1. The molecule has 0 radical (unpaired) electrons. The SMILES string of the molecule is COC(=O)c1c(NC(=O)C(F)(F)C(F)(F)C(F)(F)C(F)(F)C(F)(F)C(F)(F)C(F)(F)C(F)(F)F)sc2c1CCCCC2. The summed E-state index contributed by atoms with van der Waals surface area (Å²) in [6, 6.07) is 0. The van der Waals surface area contributed by atoms with Crippen molar-refractivity contribution in [2.24, 2.45) is 0 Å². The van der Waals surface area contributed by atoms with E-state index >= 15 is 0 Å². The van der Waals surface area contributed by atoms with E-state index in [4.69, 9.17) is 0 Å². The largest absolute Gasteiger partial charge is 0.465 e. The van der Waals surface area contributed by atoms with Crippen LogP contribution in [0.3, 0.4) is 0 Å². The Hall–Kier alpha value is -2.55. The van der Waals surface area contributed by atoms with Gasteiger partial charge in [-0.25, -0.2) is 4.79 Å². The average molecular weight is 671 g/mol. The van der Waals surface area contributed by atoms with Crippen LogP contribution in [0, 0.1) is 0 Å². The number of hydrogen-bond acceptors (Lipinski definition) is 4. The summed E-state index contributed by atoms with van der Waals surface area (Å²) >= 11 is 0.244. The summed E-state index contributed by atoms with van der Waals surface area (Å²) in [6.45, 7) is 0. The van der Waals surface area contributed by atoms with Crippen molar-refractivity contribution in [3.8, 4) is 0 Å². The summed E-state index contributed by atoms with van der Waals surface area (Å²) in [6.07, 6.45) is -6.44. The first-order valence-electron chi connectivity index (χ1n) is 10.8. The van der Waals surface area contributed by atoms with Crippen molar-refractivity contribution in [1.29, 1.82) is 0 Å². The number of fused-ring (bicyclic) bond motifs is 1. The Morgan fingerprint density at radius 1 is 0.643 bits per heavy atom. The Balaban J connectivity index is 2.58. The van der Waals surface area contributed by atoms with Gasteiger partial charge in [0.05, 0.1) is 12.7 Å². The van der Waals surface area contributed by atoms with Crippen molar-refractivity contribution in [1.82, 2.24) is 0 Å². The molecule has 2 rings (SSSR count). The molecule has 0 spiro atoms. The van der Waals surface area contributed by atoms with E-state index in [9.17, 15) is 84.2 Å². The van der Waals surface area contributed by atoms with Gasteiger partial charge in [0, 0.05) is 4.88 Å². The summed E-state index contributed by atoms with van der Waals surface area (Å²) in [5.41, 5.74) is -0.733. The lowest BCUT2D eigenvalue weighted by atomic mass is 9.89. The van der Waals surface area contributed by atoms with Gasteiger partial charge >= 0.3 is 59.5 Å². The molecular weight excluding hydrogens is 657 g/mol. The summed E-state index contributed by atoms with van der Waals surface area (Å²) < 4.78 is 233. The van der Waals surface area contributed by atoms with Gasteiger partial charge in [-0.15, -0.1) is 11.3 Å². The molecule has 1 aromatic heterocycles. The van der Waals surface area contributed by atoms with Crippen molar-refractivity contribution in [2.75, 3.05) is 12.4 Å². The predicted molar refractivity (Wildman–Crippen MR) is 106 cm³/mol. The standard InChI is InChI=1S/C20H14F17NO3S/c1-41-11(39)9-7-5-3-2-4-6-8(7)42-10(9)38-12(40)13(21,22)14(23,24)15(25,26)16(27,28)17(29,30)18(31,32)19(33,34)20(35,36)37/h2-6H2,1H3,(H,38,40). The second kappa shape index (κ2) is 10.6. The number of carbonyl (C=O) groups excluding carboxylic acids is 2. The van der Waals surface area contributed by atoms with Gasteiger partial charge in [0.1, 0.15) is 5.00 Å². The van der Waals surface area contributed by atoms with Gasteiger partial charge < -0.3 is 10.1 Å². The molecule has 0 aromatic carbocycles. The molecule has 242 valence electrons. The van der Waals surface area contributed by atoms with E-state index < -0.39 is 70.1 Å². The molecule has 1 aliphatic carbocycles. The van der Waals surface area contributed by atoms with Crippen molar-refractivity contribution >= 4 is 28.2 Å². The molecule has 22 heteroatoms. The van der Waals surface area contributed by atoms with Crippen LogP contribution in [0.2, 0.25) is 0 Å². The number of rotatable bonds is 9. The summed E-state index contributed by atoms with van der Waals surface area (Å²) in [5.74, 6) is -63.7. The summed E-state index contributed by atoms with van der Waals surface area (Å²) in [7, 11) is 0.721. The molecule has 0 fully saturated rings. The van der Waals surface area contributed by atoms with Gasteiger partial charge in [-0.05, 0) is 31.2 Å². The molecule has 0 atom stereocenters. The van der Waals surface area contributed by atoms with Crippen LogP contribution in [0.1, 0.15) is 40.1 Å². The molecule has 42 heavy (non-hydrogen) atoms. The number of amides is 1. The smallest absolute Gasteiger partial charge is 0.460 e. The van der Waals surface area contributed by atoms with Gasteiger partial charge in [-0.1, -0.05) is 6.42 Å². The zero-order chi connectivity index (χ0) is 33.1. The lowest BCUT2D eigenvalue weighted by Crippen LogP contribution is -2.75. The maximum absolute atomic E-state index is 14.3. The highest BCUT2D eigenvalue weighted by Gasteiger charge is 2.95. The number of methoxy groups -OCH3 is 1. The second-order valence-electron chi connectivity index (χ2n) is 8.73. The second-order valence-corrected chi connectivity index (χ2v) is 9.84. The van der Waals surface area contributed by atoms with Crippen LogP contribution in [-0.2, 0) is 22.4 Å². The number of aryl methyl sites for hydroxylation is 1. The molecule has 0 saturated carbocycles. The molecule has 1 aromatic rings. The number of carbonyl (C=O) groups is 2. The van der Waals surface area contributed by atoms with E-state index in [1.165, 1.54) is 0 Å². The first-order chi connectivity index (χ1) is 18.6. The Morgan fingerprint density at radius 3 is 1.52 bits per heavy atom. The molecular formula is C20H14F17NO3S. The maximum Gasteiger partial charge on any atom is 0.460 e. The molecule has 1 heterocycles. The van der Waals surface area contributed by atoms with Crippen LogP contribution >= 0.6 is 11.3 Å². The van der Waals surface area contributed by atoms with Crippen molar-refractivity contribution in [2.45, 2.75) is 79.7 Å². The minimum atomic E-state index is -8.80. The topological polar surface area (TPSA) is 55.4 Å². The van der Waals surface area contributed by atoms with Gasteiger partial charge in [-0.2, -0.15) is 74.6 Å². The van der Waals surface area contributed by atoms with E-state index in [0.717, 1.165) is 12.4 Å². The summed E-state index contributed by atoms with van der Waals surface area (Å²) in [4.78, 5) is 24.3. The van der Waals surface area contributed by atoms with Crippen LogP contribution in [-0.4, -0.2) is 66.6 Å². The van der Waals surface area contributed by atoms with Gasteiger partial charge in [0.15, 0.2) is 0 Å². The quantitative estimate of drug-likeness (QED) is 0.166. The normalized spacial score (nSPS) is 16.5. The van der Waals surface area contributed by atoms with Crippen molar-refractivity contribution in [3.63, 3.8) is 0 Å². The summed E-state index contributed by atoms with van der Waals surface area (Å²) in [5, 5.41) is -0.239. The number of anilines is 1. The number of esters is 1. The number of ether oxygens (including phenoxy) is 1. The van der Waals surface area contributed by atoms with E-state index in [-0.39, 0.29) is 34.6 Å². The third-order valence-corrected chi connectivity index (χ3v) is 7.25. The van der Waals surface area contributed by atoms with E-state index in [0.29, 0.717) is 19.3 Å². The molecule has 1 N–H and O–H groups in total. The third kappa shape index (κ3) is 4.93. The lowest BCUT2D eigenvalue weighted by Gasteiger charge is -2.42. The number of halogens is 17. The van der Waals surface area contributed by atoms with Crippen LogP contribution in [0.4, 0.5) is 79.6 Å². The molecule has 0 aliphatic heterocycles. The minimum absolute atomic E-state index is 0.00877. The lowest BCUT2D eigenvalue weighted by molar-refractivity contribution is -0.459. The molecule has 4 nitrogen and oxygen atoms in total. The van der Waals surface area contributed by atoms with E-state index in [1.54, 1.807) is 0 Å². The fourth-order valence-corrected chi connectivity index (χ4v) is 4.91. The fraction of sp³-hybridized carbons (Fsp3) is 0.700. The Labute approximate surface area is 226 Å². The highest BCUT2D eigenvalue weighted by atomic mass is 32.1. The van der Waals surface area contributed by atoms with Crippen molar-refractivity contribution in [3.05, 3.63) is 16.0 Å². The van der Waals surface area contributed by atoms with Crippen LogP contribution in [0.5, 0.6) is 0 Å². The van der Waals surface area contributed by atoms with Crippen LogP contribution < -0.4 is 5.32 Å². The van der Waals surface area contributed by atoms with Crippen LogP contribution in [0.25, 0.3) is 0 Å². The molecule has 1 aliphatic rings. The highest BCUT2D eigenvalue weighted by Crippen LogP contribution is 2.64. The monoisotopic (exact) mass is 671 g/mol. The molecule has 0 unspecified atom stereocenters. The number of alkyl halides is 17. The van der Waals surface area contributed by atoms with Gasteiger partial charge in [0.2, 0.25) is 0 Å². The zero-order valence-electron chi connectivity index (χ0n) is 20.1. The van der Waals surface area contributed by atoms with Gasteiger partial charge in [0.25, 0.3) is 0 Å². The minimum Gasteiger partial charge on any atom is -0.465 e. The molecule has 0 saturated heterocycles. The first kappa shape index (κ1) is 35.6. The molecule has 1 amide bonds. The third-order valence-electron chi connectivity index (χ3n) is 6.05. The Bertz CT molecular complexity index is 1210. The Morgan fingerprint density at radius 2 is 1.07 bits per heavy atom. The van der Waals surface area contributed by atoms with Crippen LogP contribution in [0.15, 0.2) is 0 Å². The molecule has 0 bridgehead atoms. The number of hydrogen-bond donors (Lipinski definition) is 1. The predicted octanol–water partition coefficient (Wildman–Crippen LogP) is 7.75. The van der Waals surface area contributed by atoms with Crippen molar-refractivity contribution < 1.29 is 89.0 Å². The van der Waals surface area contributed by atoms with Gasteiger partial charge in [-0.3, -0.25) is 4.79 Å². The Kier molecular flexibility index (Phi) is 8.96. The fourth-order valence-electron chi connectivity index (χ4n) is 3.64. The maximum atomic E-state index is 14.3.